The summed E-state index contributed by atoms with van der Waals surface area (Å²) in [5.74, 6) is -0.0455. The summed E-state index contributed by atoms with van der Waals surface area (Å²) in [4.78, 5) is 11.0. The fraction of sp³-hybridized carbons (Fsp3) is 0.286. The summed E-state index contributed by atoms with van der Waals surface area (Å²) in [6.45, 7) is 3.58. The third-order valence-electron chi connectivity index (χ3n) is 2.95. The zero-order valence-electron chi connectivity index (χ0n) is 12.8. The molecule has 0 fully saturated rings. The minimum atomic E-state index is -4.41. The van der Waals surface area contributed by atoms with E-state index in [1.807, 2.05) is 25.2 Å². The molecule has 2 rings (SSSR count). The fourth-order valence-corrected chi connectivity index (χ4v) is 1.79. The van der Waals surface area contributed by atoms with Crippen LogP contribution in [0.5, 0.6) is 0 Å². The lowest BCUT2D eigenvalue weighted by Crippen LogP contribution is -2.32. The van der Waals surface area contributed by atoms with Crippen LogP contribution >= 0.6 is 0 Å². The van der Waals surface area contributed by atoms with Gasteiger partial charge >= 0.3 is 0 Å². The first-order valence-electron chi connectivity index (χ1n) is 6.32. The van der Waals surface area contributed by atoms with Gasteiger partial charge in [-0.2, -0.15) is 4.57 Å². The molecular formula is C14H18N2O5S. The third-order valence-corrected chi connectivity index (χ3v) is 3.35. The van der Waals surface area contributed by atoms with E-state index in [-0.39, 0.29) is 5.91 Å². The van der Waals surface area contributed by atoms with Gasteiger partial charge < -0.3 is 9.87 Å². The van der Waals surface area contributed by atoms with Gasteiger partial charge in [0.1, 0.15) is 7.05 Å². The van der Waals surface area contributed by atoms with E-state index >= 15 is 0 Å². The zero-order chi connectivity index (χ0) is 16.9. The fourth-order valence-electron chi connectivity index (χ4n) is 1.79. The van der Waals surface area contributed by atoms with Crippen molar-refractivity contribution in [1.82, 2.24) is 0 Å². The van der Waals surface area contributed by atoms with E-state index in [2.05, 4.69) is 33.1 Å². The van der Waals surface area contributed by atoms with Gasteiger partial charge in [-0.3, -0.25) is 8.98 Å². The number of nitrogens with one attached hydrogen (secondary N) is 1. The molecular weight excluding hydrogens is 308 g/mol. The number of benzene rings is 1. The van der Waals surface area contributed by atoms with Crippen LogP contribution in [0.3, 0.4) is 0 Å². The van der Waals surface area contributed by atoms with Crippen LogP contribution in [-0.4, -0.2) is 26.0 Å². The third kappa shape index (κ3) is 5.40. The lowest BCUT2D eigenvalue weighted by molar-refractivity contribution is -0.651. The van der Waals surface area contributed by atoms with E-state index in [1.165, 1.54) is 12.6 Å². The number of aryl methyl sites for hydroxylation is 2. The average molecular weight is 326 g/mol. The summed E-state index contributed by atoms with van der Waals surface area (Å²) in [5, 5.41) is 3.91. The molecule has 0 aliphatic carbocycles. The van der Waals surface area contributed by atoms with Crippen molar-refractivity contribution in [3.8, 4) is 0 Å². The van der Waals surface area contributed by atoms with Gasteiger partial charge in [0.05, 0.1) is 7.11 Å². The van der Waals surface area contributed by atoms with E-state index in [9.17, 15) is 17.8 Å². The average Bonchev–Trinajstić information content (AvgIpc) is 2.42. The van der Waals surface area contributed by atoms with Crippen molar-refractivity contribution in [1.29, 1.82) is 0 Å². The largest absolute Gasteiger partial charge is 0.726 e. The van der Waals surface area contributed by atoms with Crippen LogP contribution in [0.15, 0.2) is 30.3 Å². The number of amides is 1. The van der Waals surface area contributed by atoms with Crippen molar-refractivity contribution in [2.75, 3.05) is 12.4 Å². The molecule has 22 heavy (non-hydrogen) atoms. The highest BCUT2D eigenvalue weighted by Crippen LogP contribution is 2.16. The Morgan fingerprint density at radius 1 is 1.27 bits per heavy atom. The molecule has 1 N–H and O–H groups in total. The molecule has 1 aromatic carbocycles. The monoisotopic (exact) mass is 326 g/mol. The highest BCUT2D eigenvalue weighted by atomic mass is 32.3. The van der Waals surface area contributed by atoms with Gasteiger partial charge in [-0.05, 0) is 18.2 Å². The predicted molar refractivity (Wildman–Crippen MR) is 80.9 cm³/mol. The normalized spacial score (nSPS) is 10.8. The van der Waals surface area contributed by atoms with Gasteiger partial charge in [-0.25, -0.2) is 8.42 Å². The molecule has 0 saturated carbocycles. The number of anilines is 1. The second-order valence-electron chi connectivity index (χ2n) is 4.56. The quantitative estimate of drug-likeness (QED) is 0.505. The van der Waals surface area contributed by atoms with E-state index < -0.39 is 10.4 Å². The lowest BCUT2D eigenvalue weighted by atomic mass is 10.1. The number of fused-ring (bicyclic) bond motifs is 1. The summed E-state index contributed by atoms with van der Waals surface area (Å²) < 4.78 is 33.2. The molecule has 0 aliphatic rings. The molecule has 0 unspecified atom stereocenters. The second-order valence-corrected chi connectivity index (χ2v) is 5.71. The maximum absolute atomic E-state index is 11.0. The first-order chi connectivity index (χ1) is 10.1. The molecule has 0 spiro atoms. The minimum Gasteiger partial charge on any atom is -0.726 e. The Morgan fingerprint density at radius 3 is 2.36 bits per heavy atom. The first-order valence-corrected chi connectivity index (χ1v) is 7.66. The van der Waals surface area contributed by atoms with Crippen LogP contribution in [0.25, 0.3) is 10.9 Å². The molecule has 0 saturated heterocycles. The Kier molecular flexibility index (Phi) is 5.98. The first kappa shape index (κ1) is 18.0. The number of hydrogen-bond donors (Lipinski definition) is 1. The number of hydrogen-bond acceptors (Lipinski definition) is 5. The Bertz CT molecular complexity index is 787. The van der Waals surface area contributed by atoms with Crippen LogP contribution in [0.4, 0.5) is 5.69 Å². The van der Waals surface area contributed by atoms with Crippen LogP contribution in [0.1, 0.15) is 12.6 Å². The Hall–Kier alpha value is -2.03. The Labute approximate surface area is 129 Å². The number of carbonyl (C=O) groups is 1. The van der Waals surface area contributed by atoms with Crippen LogP contribution < -0.4 is 9.88 Å². The number of nitrogens with zero attached hydrogens (tertiary/aromatic N) is 1. The SMILES string of the molecule is CC(=O)Nc1ccc2c(ccc(C)[n+]2C)c1.COS(=O)(=O)[O-]. The zero-order valence-corrected chi connectivity index (χ0v) is 13.6. The van der Waals surface area contributed by atoms with Gasteiger partial charge in [0.15, 0.2) is 5.69 Å². The maximum Gasteiger partial charge on any atom is 0.221 e. The molecule has 0 bridgehead atoms. The molecule has 0 atom stereocenters. The topological polar surface area (TPSA) is 99.4 Å². The van der Waals surface area contributed by atoms with Crippen molar-refractivity contribution in [2.24, 2.45) is 7.05 Å². The molecule has 2 aromatic rings. The van der Waals surface area contributed by atoms with E-state index in [4.69, 9.17) is 0 Å². The standard InChI is InChI=1S/C13H14N2O.CH4O4S/c1-9-4-5-11-8-12(14-10(2)16)6-7-13(11)15(9)3;1-5-6(2,3)4/h4-8H,1-3H3;1H3,(H,2,3,4). The highest BCUT2D eigenvalue weighted by molar-refractivity contribution is 7.80. The number of aromatic nitrogens is 1. The summed E-state index contributed by atoms with van der Waals surface area (Å²) >= 11 is 0. The van der Waals surface area contributed by atoms with Crippen molar-refractivity contribution in [3.05, 3.63) is 36.0 Å². The van der Waals surface area contributed by atoms with Gasteiger partial charge in [-0.15, -0.1) is 0 Å². The van der Waals surface area contributed by atoms with E-state index in [0.717, 1.165) is 23.7 Å². The van der Waals surface area contributed by atoms with Crippen LogP contribution in [-0.2, 0) is 26.4 Å². The van der Waals surface area contributed by atoms with Crippen LogP contribution in [0.2, 0.25) is 0 Å². The molecule has 0 radical (unpaired) electrons. The molecule has 0 aliphatic heterocycles. The summed E-state index contributed by atoms with van der Waals surface area (Å²) in [6.07, 6.45) is 0. The van der Waals surface area contributed by atoms with Gasteiger partial charge in [0, 0.05) is 37.1 Å². The number of pyridine rings is 1. The Morgan fingerprint density at radius 2 is 1.86 bits per heavy atom. The molecule has 1 amide bonds. The molecule has 1 heterocycles. The summed E-state index contributed by atoms with van der Waals surface area (Å²) in [7, 11) is -1.57. The summed E-state index contributed by atoms with van der Waals surface area (Å²) in [6, 6.07) is 10.1. The second kappa shape index (κ2) is 7.30. The molecule has 8 heteroatoms. The maximum atomic E-state index is 11.0. The van der Waals surface area contributed by atoms with E-state index in [1.54, 1.807) is 0 Å². The van der Waals surface area contributed by atoms with Gasteiger partial charge in [-0.1, -0.05) is 0 Å². The lowest BCUT2D eigenvalue weighted by Gasteiger charge is -2.04. The van der Waals surface area contributed by atoms with Crippen molar-refractivity contribution in [2.45, 2.75) is 13.8 Å². The molecule has 120 valence electrons. The molecule has 1 aromatic heterocycles. The smallest absolute Gasteiger partial charge is 0.221 e. The minimum absolute atomic E-state index is 0.0455. The van der Waals surface area contributed by atoms with Gasteiger partial charge in [0.25, 0.3) is 0 Å². The van der Waals surface area contributed by atoms with E-state index in [0.29, 0.717) is 0 Å². The van der Waals surface area contributed by atoms with Crippen molar-refractivity contribution in [3.63, 3.8) is 0 Å². The number of carbonyl (C=O) groups excluding carboxylic acids is 1. The Balaban J connectivity index is 0.000000346. The van der Waals surface area contributed by atoms with Crippen molar-refractivity contribution < 1.29 is 26.5 Å². The highest BCUT2D eigenvalue weighted by Gasteiger charge is 2.08. The van der Waals surface area contributed by atoms with Gasteiger partial charge in [0.2, 0.25) is 21.8 Å². The predicted octanol–water partition coefficient (Wildman–Crippen LogP) is 1.02. The summed E-state index contributed by atoms with van der Waals surface area (Å²) in [5.41, 5.74) is 3.21. The number of rotatable bonds is 2. The van der Waals surface area contributed by atoms with Crippen molar-refractivity contribution >= 4 is 32.9 Å². The van der Waals surface area contributed by atoms with Crippen LogP contribution in [0, 0.1) is 6.92 Å². The molecule has 7 nitrogen and oxygen atoms in total.